The maximum atomic E-state index is 13.1. The average Bonchev–Trinajstić information content (AvgIpc) is 2.99. The first kappa shape index (κ1) is 17.9. The molecule has 2 N–H and O–H groups in total. The Hall–Kier alpha value is -2.94. The molecule has 26 heavy (non-hydrogen) atoms. The van der Waals surface area contributed by atoms with Gasteiger partial charge >= 0.3 is 6.03 Å². The molecule has 3 rings (SSSR count). The topological polar surface area (TPSA) is 84.7 Å². The summed E-state index contributed by atoms with van der Waals surface area (Å²) in [7, 11) is 1.84. The number of carbonyl (C=O) groups excluding carboxylic acids is 1. The van der Waals surface area contributed by atoms with Crippen LogP contribution < -0.4 is 10.6 Å². The van der Waals surface area contributed by atoms with Crippen molar-refractivity contribution in [2.75, 3.05) is 5.32 Å². The van der Waals surface area contributed by atoms with E-state index in [1.54, 1.807) is 12.3 Å². The summed E-state index contributed by atoms with van der Waals surface area (Å²) in [6.45, 7) is 0.206. The number of amides is 2. The van der Waals surface area contributed by atoms with E-state index in [9.17, 15) is 9.18 Å². The van der Waals surface area contributed by atoms with Crippen molar-refractivity contribution >= 4 is 23.5 Å². The fourth-order valence-electron chi connectivity index (χ4n) is 2.16. The third-order valence-electron chi connectivity index (χ3n) is 3.51. The number of nitrogens with one attached hydrogen (secondary N) is 2. The van der Waals surface area contributed by atoms with Crippen LogP contribution in [-0.4, -0.2) is 25.8 Å². The Balaban J connectivity index is 1.52. The maximum Gasteiger partial charge on any atom is 0.319 e. The molecule has 0 bridgehead atoms. The molecule has 0 spiro atoms. The monoisotopic (exact) mass is 372 g/mol. The van der Waals surface area contributed by atoms with E-state index in [2.05, 4.69) is 25.8 Å². The Labute approximate surface area is 154 Å². The van der Waals surface area contributed by atoms with Crippen LogP contribution in [-0.2, 0) is 19.3 Å². The van der Waals surface area contributed by atoms with E-state index >= 15 is 0 Å². The van der Waals surface area contributed by atoms with Crippen LogP contribution >= 0.6 is 11.8 Å². The molecule has 0 aliphatic carbocycles. The number of thioether (sulfide) groups is 1. The summed E-state index contributed by atoms with van der Waals surface area (Å²) in [5.74, 6) is 0.937. The van der Waals surface area contributed by atoms with Gasteiger partial charge in [-0.2, -0.15) is 0 Å². The van der Waals surface area contributed by atoms with Gasteiger partial charge in [0.25, 0.3) is 0 Å². The van der Waals surface area contributed by atoms with Crippen molar-refractivity contribution in [2.45, 2.75) is 17.5 Å². The highest BCUT2D eigenvalue weighted by atomic mass is 32.2. The zero-order chi connectivity index (χ0) is 18.4. The molecule has 1 aromatic carbocycles. The van der Waals surface area contributed by atoms with Crippen LogP contribution in [0.1, 0.15) is 11.4 Å². The molecule has 2 aromatic heterocycles. The van der Waals surface area contributed by atoms with E-state index in [1.807, 2.05) is 29.9 Å². The van der Waals surface area contributed by atoms with Crippen LogP contribution in [0.25, 0.3) is 0 Å². The Kier molecular flexibility index (Phi) is 5.80. The summed E-state index contributed by atoms with van der Waals surface area (Å²) in [6.07, 6.45) is 3.54. The minimum absolute atomic E-state index is 0.206. The lowest BCUT2D eigenvalue weighted by atomic mass is 10.3. The van der Waals surface area contributed by atoms with Crippen molar-refractivity contribution in [3.8, 4) is 0 Å². The number of carbonyl (C=O) groups is 1. The first-order valence-electron chi connectivity index (χ1n) is 7.82. The Bertz CT molecular complexity index is 886. The van der Waals surface area contributed by atoms with Crippen molar-refractivity contribution in [1.29, 1.82) is 0 Å². The third-order valence-corrected chi connectivity index (χ3v) is 4.60. The van der Waals surface area contributed by atoms with E-state index in [0.717, 1.165) is 16.5 Å². The number of urea groups is 1. The predicted molar refractivity (Wildman–Crippen MR) is 97.1 cm³/mol. The van der Waals surface area contributed by atoms with Crippen LogP contribution in [0.3, 0.4) is 0 Å². The molecule has 0 saturated carbocycles. The number of halogens is 1. The second kappa shape index (κ2) is 8.43. The lowest BCUT2D eigenvalue weighted by Crippen LogP contribution is -2.29. The summed E-state index contributed by atoms with van der Waals surface area (Å²) in [4.78, 5) is 16.0. The second-order valence-electron chi connectivity index (χ2n) is 5.43. The van der Waals surface area contributed by atoms with Crippen molar-refractivity contribution in [1.82, 2.24) is 25.1 Å². The molecule has 3 aromatic rings. The fourth-order valence-corrected chi connectivity index (χ4v) is 3.02. The Morgan fingerprint density at radius 3 is 2.92 bits per heavy atom. The highest BCUT2D eigenvalue weighted by molar-refractivity contribution is 7.98. The number of hydrogen-bond acceptors (Lipinski definition) is 5. The smallest absolute Gasteiger partial charge is 0.319 e. The molecule has 0 radical (unpaired) electrons. The number of rotatable bonds is 6. The van der Waals surface area contributed by atoms with Crippen LogP contribution in [0.4, 0.5) is 14.9 Å². The lowest BCUT2D eigenvalue weighted by Gasteiger charge is -2.08. The standard InChI is InChI=1S/C17H17FN6OS/c1-24-15(10-20-16(25)21-14-6-2-5-13(18)8-14)22-23-17(24)26-11-12-4-3-7-19-9-12/h2-9H,10-11H2,1H3,(H2,20,21,25). The molecule has 0 aliphatic rings. The van der Waals surface area contributed by atoms with Gasteiger partial charge in [-0.25, -0.2) is 9.18 Å². The summed E-state index contributed by atoms with van der Waals surface area (Å²) < 4.78 is 14.9. The first-order valence-corrected chi connectivity index (χ1v) is 8.81. The number of aromatic nitrogens is 4. The molecular weight excluding hydrogens is 355 g/mol. The SMILES string of the molecule is Cn1c(CNC(=O)Nc2cccc(F)c2)nnc1SCc1cccnc1. The number of nitrogens with zero attached hydrogens (tertiary/aromatic N) is 4. The van der Waals surface area contributed by atoms with Crippen molar-refractivity contribution in [3.05, 3.63) is 66.0 Å². The third kappa shape index (κ3) is 4.79. The number of pyridine rings is 1. The molecule has 7 nitrogen and oxygen atoms in total. The molecule has 0 unspecified atom stereocenters. The van der Waals surface area contributed by atoms with Gasteiger partial charge in [0, 0.05) is 30.9 Å². The average molecular weight is 372 g/mol. The normalized spacial score (nSPS) is 10.5. The predicted octanol–water partition coefficient (Wildman–Crippen LogP) is 2.96. The molecule has 134 valence electrons. The molecular formula is C17H17FN6OS. The van der Waals surface area contributed by atoms with Gasteiger partial charge in [-0.1, -0.05) is 23.9 Å². The van der Waals surface area contributed by atoms with Gasteiger partial charge in [-0.15, -0.1) is 10.2 Å². The summed E-state index contributed by atoms with van der Waals surface area (Å²) in [5, 5.41) is 14.2. The minimum atomic E-state index is -0.442. The van der Waals surface area contributed by atoms with Gasteiger partial charge in [0.15, 0.2) is 11.0 Å². The molecule has 9 heteroatoms. The van der Waals surface area contributed by atoms with Gasteiger partial charge in [0.2, 0.25) is 0 Å². The molecule has 0 atom stereocenters. The molecule has 0 saturated heterocycles. The molecule has 2 heterocycles. The highest BCUT2D eigenvalue weighted by Crippen LogP contribution is 2.20. The quantitative estimate of drug-likeness (QED) is 0.650. The first-order chi connectivity index (χ1) is 12.6. The lowest BCUT2D eigenvalue weighted by molar-refractivity contribution is 0.251. The minimum Gasteiger partial charge on any atom is -0.331 e. The van der Waals surface area contributed by atoms with Gasteiger partial charge in [0.05, 0.1) is 6.54 Å². The molecule has 0 aliphatic heterocycles. The van der Waals surface area contributed by atoms with E-state index in [4.69, 9.17) is 0 Å². The van der Waals surface area contributed by atoms with E-state index < -0.39 is 11.8 Å². The number of hydrogen-bond donors (Lipinski definition) is 2. The van der Waals surface area contributed by atoms with Gasteiger partial charge in [0.1, 0.15) is 5.82 Å². The van der Waals surface area contributed by atoms with Crippen LogP contribution in [0.5, 0.6) is 0 Å². The van der Waals surface area contributed by atoms with Gasteiger partial charge < -0.3 is 15.2 Å². The van der Waals surface area contributed by atoms with Crippen molar-refractivity contribution < 1.29 is 9.18 Å². The summed E-state index contributed by atoms with van der Waals surface area (Å²) >= 11 is 1.54. The maximum absolute atomic E-state index is 13.1. The van der Waals surface area contributed by atoms with Gasteiger partial charge in [-0.3, -0.25) is 4.98 Å². The Morgan fingerprint density at radius 2 is 2.15 bits per heavy atom. The fraction of sp³-hybridized carbons (Fsp3) is 0.176. The van der Waals surface area contributed by atoms with Crippen molar-refractivity contribution in [3.63, 3.8) is 0 Å². The van der Waals surface area contributed by atoms with Crippen LogP contribution in [0, 0.1) is 5.82 Å². The van der Waals surface area contributed by atoms with Gasteiger partial charge in [-0.05, 0) is 29.8 Å². The second-order valence-corrected chi connectivity index (χ2v) is 6.37. The number of benzene rings is 1. The largest absolute Gasteiger partial charge is 0.331 e. The van der Waals surface area contributed by atoms with E-state index in [1.165, 1.54) is 30.0 Å². The summed E-state index contributed by atoms with van der Waals surface area (Å²) in [5.41, 5.74) is 1.47. The van der Waals surface area contributed by atoms with E-state index in [-0.39, 0.29) is 6.54 Å². The zero-order valence-corrected chi connectivity index (χ0v) is 14.8. The molecule has 2 amide bonds. The van der Waals surface area contributed by atoms with Crippen LogP contribution in [0.2, 0.25) is 0 Å². The zero-order valence-electron chi connectivity index (χ0n) is 14.0. The van der Waals surface area contributed by atoms with Crippen LogP contribution in [0.15, 0.2) is 53.9 Å². The number of anilines is 1. The Morgan fingerprint density at radius 1 is 1.27 bits per heavy atom. The molecule has 0 fully saturated rings. The van der Waals surface area contributed by atoms with Crippen molar-refractivity contribution in [2.24, 2.45) is 7.05 Å². The summed E-state index contributed by atoms with van der Waals surface area (Å²) in [6, 6.07) is 9.14. The highest BCUT2D eigenvalue weighted by Gasteiger charge is 2.11. The van der Waals surface area contributed by atoms with E-state index in [0.29, 0.717) is 11.5 Å².